The van der Waals surface area contributed by atoms with E-state index in [0.29, 0.717) is 24.5 Å². The number of aromatic nitrogens is 3. The molecule has 0 bridgehead atoms. The number of ketones is 1. The maximum atomic E-state index is 10.8. The Hall–Kier alpha value is -1.23. The van der Waals surface area contributed by atoms with E-state index in [2.05, 4.69) is 15.6 Å². The second kappa shape index (κ2) is 3.88. The standard InChI is InChI=1S/C9H14N4O/c1-10-4-8-6-13(12-11-8)5-7-2-9(14)3-7/h6-7,10H,2-5H2,1H3. The van der Waals surface area contributed by atoms with Crippen LogP contribution < -0.4 is 5.32 Å². The molecule has 1 aromatic heterocycles. The van der Waals surface area contributed by atoms with Gasteiger partial charge in [-0.2, -0.15) is 0 Å². The molecule has 0 radical (unpaired) electrons. The predicted molar refractivity (Wildman–Crippen MR) is 50.5 cm³/mol. The largest absolute Gasteiger partial charge is 0.314 e. The van der Waals surface area contributed by atoms with Gasteiger partial charge in [0.1, 0.15) is 5.78 Å². The van der Waals surface area contributed by atoms with E-state index < -0.39 is 0 Å². The van der Waals surface area contributed by atoms with E-state index in [0.717, 1.165) is 18.8 Å². The van der Waals surface area contributed by atoms with Crippen LogP contribution in [0.25, 0.3) is 0 Å². The highest BCUT2D eigenvalue weighted by Crippen LogP contribution is 2.23. The van der Waals surface area contributed by atoms with Gasteiger partial charge in [-0.1, -0.05) is 5.21 Å². The summed E-state index contributed by atoms with van der Waals surface area (Å²) in [5.41, 5.74) is 0.943. The van der Waals surface area contributed by atoms with Gasteiger partial charge in [0.05, 0.1) is 5.69 Å². The van der Waals surface area contributed by atoms with E-state index in [4.69, 9.17) is 0 Å². The molecule has 0 amide bonds. The third kappa shape index (κ3) is 1.98. The molecule has 0 saturated heterocycles. The molecule has 1 aliphatic carbocycles. The highest BCUT2D eigenvalue weighted by atomic mass is 16.1. The summed E-state index contributed by atoms with van der Waals surface area (Å²) in [5.74, 6) is 0.845. The van der Waals surface area contributed by atoms with Crippen molar-refractivity contribution in [2.24, 2.45) is 5.92 Å². The number of carbonyl (C=O) groups excluding carboxylic acids is 1. The van der Waals surface area contributed by atoms with Crippen LogP contribution >= 0.6 is 0 Å². The van der Waals surface area contributed by atoms with Crippen LogP contribution in [0.5, 0.6) is 0 Å². The monoisotopic (exact) mass is 194 g/mol. The molecule has 14 heavy (non-hydrogen) atoms. The van der Waals surface area contributed by atoms with Gasteiger partial charge in [0.25, 0.3) is 0 Å². The number of Topliss-reactive ketones (excluding diaryl/α,β-unsaturated/α-hetero) is 1. The van der Waals surface area contributed by atoms with Crippen LogP contribution in [0.3, 0.4) is 0 Å². The minimum Gasteiger partial charge on any atom is -0.314 e. The summed E-state index contributed by atoms with van der Waals surface area (Å²) in [7, 11) is 1.88. The minimum atomic E-state index is 0.366. The van der Waals surface area contributed by atoms with Crippen LogP contribution in [-0.2, 0) is 17.9 Å². The molecule has 0 aromatic carbocycles. The summed E-state index contributed by atoms with van der Waals surface area (Å²) >= 11 is 0. The van der Waals surface area contributed by atoms with Gasteiger partial charge in [-0.05, 0) is 13.0 Å². The molecule has 1 fully saturated rings. The minimum absolute atomic E-state index is 0.366. The van der Waals surface area contributed by atoms with Gasteiger partial charge >= 0.3 is 0 Å². The fourth-order valence-electron chi connectivity index (χ4n) is 1.67. The Bertz CT molecular complexity index is 325. The van der Waals surface area contributed by atoms with E-state index >= 15 is 0 Å². The van der Waals surface area contributed by atoms with Crippen molar-refractivity contribution in [3.8, 4) is 0 Å². The quantitative estimate of drug-likeness (QED) is 0.731. The third-order valence-electron chi connectivity index (χ3n) is 2.42. The summed E-state index contributed by atoms with van der Waals surface area (Å²) in [6.45, 7) is 1.56. The molecule has 1 saturated carbocycles. The Morgan fingerprint density at radius 3 is 3.07 bits per heavy atom. The van der Waals surface area contributed by atoms with Gasteiger partial charge < -0.3 is 5.32 Å². The molecule has 1 aromatic rings. The zero-order valence-corrected chi connectivity index (χ0v) is 8.23. The third-order valence-corrected chi connectivity index (χ3v) is 2.42. The number of hydrogen-bond donors (Lipinski definition) is 1. The lowest BCUT2D eigenvalue weighted by molar-refractivity contribution is -0.127. The SMILES string of the molecule is CNCc1cn(CC2CC(=O)C2)nn1. The van der Waals surface area contributed by atoms with Gasteiger partial charge in [-0.25, -0.2) is 0 Å². The van der Waals surface area contributed by atoms with Gasteiger partial charge in [0.2, 0.25) is 0 Å². The lowest BCUT2D eigenvalue weighted by Gasteiger charge is -2.23. The Morgan fingerprint density at radius 2 is 2.43 bits per heavy atom. The first kappa shape index (κ1) is 9.33. The molecule has 76 valence electrons. The van der Waals surface area contributed by atoms with Gasteiger partial charge in [0, 0.05) is 32.1 Å². The topological polar surface area (TPSA) is 59.8 Å². The normalized spacial score (nSPS) is 17.1. The highest BCUT2D eigenvalue weighted by molar-refractivity contribution is 5.84. The second-order valence-corrected chi connectivity index (χ2v) is 3.78. The lowest BCUT2D eigenvalue weighted by Crippen LogP contribution is -2.27. The number of nitrogens with one attached hydrogen (secondary N) is 1. The fourth-order valence-corrected chi connectivity index (χ4v) is 1.67. The van der Waals surface area contributed by atoms with Gasteiger partial charge in [-0.15, -0.1) is 5.10 Å². The maximum absolute atomic E-state index is 10.8. The summed E-state index contributed by atoms with van der Waals surface area (Å²) in [4.78, 5) is 10.8. The summed E-state index contributed by atoms with van der Waals surface area (Å²) in [6.07, 6.45) is 3.35. The molecule has 1 N–H and O–H groups in total. The van der Waals surface area contributed by atoms with Crippen LogP contribution in [0, 0.1) is 5.92 Å². The Kier molecular flexibility index (Phi) is 2.58. The Morgan fingerprint density at radius 1 is 1.64 bits per heavy atom. The van der Waals surface area contributed by atoms with Crippen LogP contribution in [-0.4, -0.2) is 27.8 Å². The fraction of sp³-hybridized carbons (Fsp3) is 0.667. The van der Waals surface area contributed by atoms with Crippen molar-refractivity contribution in [2.75, 3.05) is 7.05 Å². The van der Waals surface area contributed by atoms with E-state index in [9.17, 15) is 4.79 Å². The molecular formula is C9H14N4O. The Labute approximate surface area is 82.5 Å². The van der Waals surface area contributed by atoms with Crippen molar-refractivity contribution in [2.45, 2.75) is 25.9 Å². The molecule has 1 heterocycles. The first-order chi connectivity index (χ1) is 6.78. The molecule has 0 atom stereocenters. The predicted octanol–water partition coefficient (Wildman–Crippen LogP) is -0.0234. The first-order valence-corrected chi connectivity index (χ1v) is 4.83. The molecular weight excluding hydrogens is 180 g/mol. The zero-order chi connectivity index (χ0) is 9.97. The average molecular weight is 194 g/mol. The van der Waals surface area contributed by atoms with E-state index in [1.165, 1.54) is 0 Å². The molecule has 1 aliphatic rings. The molecule has 0 aliphatic heterocycles. The zero-order valence-electron chi connectivity index (χ0n) is 8.23. The first-order valence-electron chi connectivity index (χ1n) is 4.83. The molecule has 0 spiro atoms. The second-order valence-electron chi connectivity index (χ2n) is 3.78. The Balaban J connectivity index is 1.87. The summed E-state index contributed by atoms with van der Waals surface area (Å²) in [5, 5.41) is 11.0. The van der Waals surface area contributed by atoms with Crippen molar-refractivity contribution in [3.05, 3.63) is 11.9 Å². The van der Waals surface area contributed by atoms with Crippen molar-refractivity contribution < 1.29 is 4.79 Å². The highest BCUT2D eigenvalue weighted by Gasteiger charge is 2.26. The summed E-state index contributed by atoms with van der Waals surface area (Å²) < 4.78 is 1.82. The van der Waals surface area contributed by atoms with Crippen molar-refractivity contribution in [1.82, 2.24) is 20.3 Å². The van der Waals surface area contributed by atoms with E-state index in [1.807, 2.05) is 17.9 Å². The van der Waals surface area contributed by atoms with Crippen molar-refractivity contribution >= 4 is 5.78 Å². The van der Waals surface area contributed by atoms with Gasteiger partial charge in [-0.3, -0.25) is 9.48 Å². The van der Waals surface area contributed by atoms with E-state index in [1.54, 1.807) is 0 Å². The maximum Gasteiger partial charge on any atom is 0.133 e. The van der Waals surface area contributed by atoms with Crippen LogP contribution in [0.1, 0.15) is 18.5 Å². The number of carbonyl (C=O) groups is 1. The van der Waals surface area contributed by atoms with Crippen LogP contribution in [0.4, 0.5) is 0 Å². The van der Waals surface area contributed by atoms with Crippen molar-refractivity contribution in [3.63, 3.8) is 0 Å². The molecule has 5 nitrogen and oxygen atoms in total. The number of rotatable bonds is 4. The molecule has 2 rings (SSSR count). The number of nitrogens with zero attached hydrogens (tertiary/aromatic N) is 3. The van der Waals surface area contributed by atoms with Crippen LogP contribution in [0.2, 0.25) is 0 Å². The smallest absolute Gasteiger partial charge is 0.133 e. The van der Waals surface area contributed by atoms with Crippen molar-refractivity contribution in [1.29, 1.82) is 0 Å². The molecule has 5 heteroatoms. The number of hydrogen-bond acceptors (Lipinski definition) is 4. The summed E-state index contributed by atoms with van der Waals surface area (Å²) in [6, 6.07) is 0. The van der Waals surface area contributed by atoms with Gasteiger partial charge in [0.15, 0.2) is 0 Å². The van der Waals surface area contributed by atoms with Crippen LogP contribution in [0.15, 0.2) is 6.20 Å². The van der Waals surface area contributed by atoms with E-state index in [-0.39, 0.29) is 0 Å². The molecule has 0 unspecified atom stereocenters. The average Bonchev–Trinajstić information content (AvgIpc) is 2.51. The lowest BCUT2D eigenvalue weighted by atomic mass is 9.84.